The van der Waals surface area contributed by atoms with Crippen LogP contribution in [0.5, 0.6) is 0 Å². The molecule has 1 heterocycles. The van der Waals surface area contributed by atoms with Crippen molar-refractivity contribution in [3.63, 3.8) is 0 Å². The molecule has 0 saturated carbocycles. The third kappa shape index (κ3) is 6.12. The molecule has 0 radical (unpaired) electrons. The highest BCUT2D eigenvalue weighted by Gasteiger charge is 2.17. The van der Waals surface area contributed by atoms with Crippen LogP contribution in [0.15, 0.2) is 0 Å². The monoisotopic (exact) mass is 244 g/mol. The third-order valence-electron chi connectivity index (χ3n) is 3.23. The Balaban J connectivity index is 1.95. The Labute approximate surface area is 106 Å². The molecule has 1 fully saturated rings. The number of hydrogen-bond acceptors (Lipinski definition) is 3. The molecule has 0 unspecified atom stereocenters. The van der Waals surface area contributed by atoms with Gasteiger partial charge in [-0.15, -0.1) is 0 Å². The first-order valence-electron chi connectivity index (χ1n) is 6.90. The Kier molecular flexibility index (Phi) is 8.34. The van der Waals surface area contributed by atoms with E-state index in [1.165, 1.54) is 63.4 Å². The smallest absolute Gasteiger partial charge is 0.00914 e. The van der Waals surface area contributed by atoms with Crippen molar-refractivity contribution in [3.05, 3.63) is 0 Å². The lowest BCUT2D eigenvalue weighted by Gasteiger charge is -2.32. The summed E-state index contributed by atoms with van der Waals surface area (Å²) in [5.74, 6) is 2.58. The Bertz CT molecular complexity index is 156. The molecule has 1 saturated heterocycles. The van der Waals surface area contributed by atoms with Crippen molar-refractivity contribution in [2.24, 2.45) is 0 Å². The van der Waals surface area contributed by atoms with Crippen molar-refractivity contribution in [1.82, 2.24) is 10.2 Å². The number of rotatable bonds is 8. The second kappa shape index (κ2) is 9.32. The molecule has 0 spiro atoms. The largest absolute Gasteiger partial charge is 0.314 e. The number of piperidine rings is 1. The predicted molar refractivity (Wildman–Crippen MR) is 75.4 cm³/mol. The van der Waals surface area contributed by atoms with Crippen LogP contribution in [0.4, 0.5) is 0 Å². The molecule has 2 nitrogen and oxygen atoms in total. The Hall–Kier alpha value is 0.270. The molecule has 0 bridgehead atoms. The van der Waals surface area contributed by atoms with Crippen molar-refractivity contribution in [1.29, 1.82) is 0 Å². The molecular formula is C13H28N2S. The predicted octanol–water partition coefficient (Wildman–Crippen LogP) is 2.59. The van der Waals surface area contributed by atoms with Crippen molar-refractivity contribution in [2.75, 3.05) is 37.7 Å². The topological polar surface area (TPSA) is 15.3 Å². The molecule has 1 N–H and O–H groups in total. The maximum absolute atomic E-state index is 3.70. The normalized spacial score (nSPS) is 19.1. The molecule has 0 aromatic heterocycles. The highest BCUT2D eigenvalue weighted by molar-refractivity contribution is 7.99. The average Bonchev–Trinajstić information content (AvgIpc) is 2.31. The summed E-state index contributed by atoms with van der Waals surface area (Å²) in [6.45, 7) is 9.62. The van der Waals surface area contributed by atoms with Gasteiger partial charge in [0.2, 0.25) is 0 Å². The SMILES string of the molecule is CCCN1CCC(NCCCSCC)CC1. The zero-order valence-electron chi connectivity index (χ0n) is 11.0. The van der Waals surface area contributed by atoms with Crippen LogP contribution in [0.3, 0.4) is 0 Å². The lowest BCUT2D eigenvalue weighted by atomic mass is 10.0. The van der Waals surface area contributed by atoms with E-state index in [0.29, 0.717) is 0 Å². The van der Waals surface area contributed by atoms with Gasteiger partial charge in [-0.05, 0) is 63.4 Å². The third-order valence-corrected chi connectivity index (χ3v) is 4.22. The Morgan fingerprint density at radius 3 is 2.62 bits per heavy atom. The van der Waals surface area contributed by atoms with E-state index in [4.69, 9.17) is 0 Å². The minimum Gasteiger partial charge on any atom is -0.314 e. The van der Waals surface area contributed by atoms with Gasteiger partial charge in [-0.2, -0.15) is 11.8 Å². The molecule has 1 aliphatic heterocycles. The second-order valence-electron chi connectivity index (χ2n) is 4.62. The van der Waals surface area contributed by atoms with E-state index >= 15 is 0 Å². The number of nitrogens with zero attached hydrogens (tertiary/aromatic N) is 1. The highest BCUT2D eigenvalue weighted by atomic mass is 32.2. The summed E-state index contributed by atoms with van der Waals surface area (Å²) in [7, 11) is 0. The molecule has 1 aliphatic rings. The van der Waals surface area contributed by atoms with Crippen LogP contribution < -0.4 is 5.32 Å². The fraction of sp³-hybridized carbons (Fsp3) is 1.00. The minimum atomic E-state index is 0.791. The van der Waals surface area contributed by atoms with Crippen LogP contribution in [-0.4, -0.2) is 48.6 Å². The fourth-order valence-corrected chi connectivity index (χ4v) is 2.94. The van der Waals surface area contributed by atoms with Gasteiger partial charge in [-0.3, -0.25) is 0 Å². The van der Waals surface area contributed by atoms with Gasteiger partial charge < -0.3 is 10.2 Å². The standard InChI is InChI=1S/C13H28N2S/c1-3-9-15-10-6-13(7-11-15)14-8-5-12-16-4-2/h13-14H,3-12H2,1-2H3. The fourth-order valence-electron chi connectivity index (χ4n) is 2.30. The summed E-state index contributed by atoms with van der Waals surface area (Å²) in [5.41, 5.74) is 0. The van der Waals surface area contributed by atoms with Crippen LogP contribution in [0, 0.1) is 0 Å². The number of likely N-dealkylation sites (tertiary alicyclic amines) is 1. The van der Waals surface area contributed by atoms with E-state index in [9.17, 15) is 0 Å². The van der Waals surface area contributed by atoms with E-state index in [-0.39, 0.29) is 0 Å². The van der Waals surface area contributed by atoms with Gasteiger partial charge in [0.15, 0.2) is 0 Å². The minimum absolute atomic E-state index is 0.791. The molecule has 3 heteroatoms. The molecule has 0 amide bonds. The first-order valence-corrected chi connectivity index (χ1v) is 8.05. The molecule has 0 aliphatic carbocycles. The quantitative estimate of drug-likeness (QED) is 0.661. The molecule has 0 atom stereocenters. The number of nitrogens with one attached hydrogen (secondary N) is 1. The Morgan fingerprint density at radius 1 is 1.25 bits per heavy atom. The second-order valence-corrected chi connectivity index (χ2v) is 6.01. The molecule has 0 aromatic rings. The summed E-state index contributed by atoms with van der Waals surface area (Å²) in [5, 5.41) is 3.70. The Morgan fingerprint density at radius 2 is 2.00 bits per heavy atom. The molecule has 0 aromatic carbocycles. The number of hydrogen-bond donors (Lipinski definition) is 1. The summed E-state index contributed by atoms with van der Waals surface area (Å²) >= 11 is 2.05. The maximum atomic E-state index is 3.70. The van der Waals surface area contributed by atoms with Gasteiger partial charge in [-0.1, -0.05) is 13.8 Å². The summed E-state index contributed by atoms with van der Waals surface area (Å²) in [4.78, 5) is 2.60. The zero-order chi connectivity index (χ0) is 11.6. The summed E-state index contributed by atoms with van der Waals surface area (Å²) < 4.78 is 0. The molecule has 16 heavy (non-hydrogen) atoms. The lowest BCUT2D eigenvalue weighted by Crippen LogP contribution is -2.43. The van der Waals surface area contributed by atoms with Gasteiger partial charge in [0.25, 0.3) is 0 Å². The average molecular weight is 244 g/mol. The molecular weight excluding hydrogens is 216 g/mol. The zero-order valence-corrected chi connectivity index (χ0v) is 11.8. The van der Waals surface area contributed by atoms with Crippen LogP contribution in [0.25, 0.3) is 0 Å². The highest BCUT2D eigenvalue weighted by Crippen LogP contribution is 2.10. The first kappa shape index (κ1) is 14.3. The van der Waals surface area contributed by atoms with Crippen LogP contribution >= 0.6 is 11.8 Å². The summed E-state index contributed by atoms with van der Waals surface area (Å²) in [6.07, 6.45) is 5.32. The summed E-state index contributed by atoms with van der Waals surface area (Å²) in [6, 6.07) is 0.791. The van der Waals surface area contributed by atoms with Gasteiger partial charge in [0, 0.05) is 6.04 Å². The van der Waals surface area contributed by atoms with Gasteiger partial charge in [-0.25, -0.2) is 0 Å². The van der Waals surface area contributed by atoms with Crippen LogP contribution in [-0.2, 0) is 0 Å². The van der Waals surface area contributed by atoms with E-state index in [1.54, 1.807) is 0 Å². The first-order chi connectivity index (χ1) is 7.86. The van der Waals surface area contributed by atoms with Gasteiger partial charge >= 0.3 is 0 Å². The maximum Gasteiger partial charge on any atom is 0.00914 e. The van der Waals surface area contributed by atoms with Gasteiger partial charge in [0.05, 0.1) is 0 Å². The number of thioether (sulfide) groups is 1. The van der Waals surface area contributed by atoms with E-state index in [2.05, 4.69) is 35.8 Å². The van der Waals surface area contributed by atoms with E-state index < -0.39 is 0 Å². The lowest BCUT2D eigenvalue weighted by molar-refractivity contribution is 0.198. The van der Waals surface area contributed by atoms with Gasteiger partial charge in [0.1, 0.15) is 0 Å². The van der Waals surface area contributed by atoms with E-state index in [1.807, 2.05) is 0 Å². The van der Waals surface area contributed by atoms with Crippen LogP contribution in [0.1, 0.15) is 39.5 Å². The molecule has 1 rings (SSSR count). The van der Waals surface area contributed by atoms with Crippen LogP contribution in [0.2, 0.25) is 0 Å². The van der Waals surface area contributed by atoms with Crippen molar-refractivity contribution in [3.8, 4) is 0 Å². The molecule has 96 valence electrons. The van der Waals surface area contributed by atoms with Crippen molar-refractivity contribution >= 4 is 11.8 Å². The van der Waals surface area contributed by atoms with E-state index in [0.717, 1.165) is 6.04 Å². The van der Waals surface area contributed by atoms with Crippen molar-refractivity contribution in [2.45, 2.75) is 45.6 Å². The van der Waals surface area contributed by atoms with Crippen molar-refractivity contribution < 1.29 is 0 Å².